The molecule has 24 heavy (non-hydrogen) atoms. The number of hydrogen-bond donors (Lipinski definition) is 2. The molecule has 0 saturated carbocycles. The maximum Gasteiger partial charge on any atom is 0.280 e. The fraction of sp³-hybridized carbons (Fsp3) is 0.412. The highest BCUT2D eigenvalue weighted by molar-refractivity contribution is 7.15. The molecule has 0 spiro atoms. The maximum atomic E-state index is 12.4. The smallest absolute Gasteiger partial charge is 0.280 e. The zero-order valence-electron chi connectivity index (χ0n) is 13.3. The Morgan fingerprint density at radius 3 is 2.71 bits per heavy atom. The third-order valence-electron chi connectivity index (χ3n) is 4.75. The van der Waals surface area contributed by atoms with Gasteiger partial charge in [0.2, 0.25) is 5.06 Å². The Hall–Kier alpha value is -2.12. The quantitative estimate of drug-likeness (QED) is 0.832. The number of carbonyl (C=O) groups excluding carboxylic acids is 1. The molecule has 3 aliphatic heterocycles. The number of benzene rings is 1. The fourth-order valence-electron chi connectivity index (χ4n) is 3.42. The average Bonchev–Trinajstić information content (AvgIpc) is 3.07. The molecule has 3 aliphatic rings. The van der Waals surface area contributed by atoms with Gasteiger partial charge in [-0.3, -0.25) is 4.79 Å². The first-order chi connectivity index (χ1) is 11.7. The number of nitrogens with two attached hydrogens (primary N) is 1. The highest BCUT2D eigenvalue weighted by Gasteiger charge is 2.35. The standard InChI is InChI=1S/C17H20N4O2S/c18-12-1-3-13(4-2-12)23-15-9-19-17(24-15)16(22)20-14-10-21-7-5-11(14)6-8-21/h1-4,9,11,14H,5-8,10,18H2,(H,20,22). The van der Waals surface area contributed by atoms with E-state index in [2.05, 4.69) is 15.2 Å². The van der Waals surface area contributed by atoms with Crippen molar-refractivity contribution in [3.63, 3.8) is 0 Å². The van der Waals surface area contributed by atoms with Crippen LogP contribution in [0.3, 0.4) is 0 Å². The van der Waals surface area contributed by atoms with Gasteiger partial charge in [0.15, 0.2) is 5.01 Å². The molecule has 2 bridgehead atoms. The number of thiazole rings is 1. The summed E-state index contributed by atoms with van der Waals surface area (Å²) in [5, 5.41) is 4.18. The van der Waals surface area contributed by atoms with Gasteiger partial charge >= 0.3 is 0 Å². The molecule has 3 saturated heterocycles. The normalized spacial score (nSPS) is 25.4. The van der Waals surface area contributed by atoms with E-state index in [1.165, 1.54) is 24.2 Å². The van der Waals surface area contributed by atoms with Crippen LogP contribution in [0.5, 0.6) is 10.8 Å². The highest BCUT2D eigenvalue weighted by Crippen LogP contribution is 2.30. The number of rotatable bonds is 4. The zero-order chi connectivity index (χ0) is 16.5. The van der Waals surface area contributed by atoms with E-state index in [0.717, 1.165) is 19.6 Å². The van der Waals surface area contributed by atoms with Gasteiger partial charge in [-0.15, -0.1) is 0 Å². The van der Waals surface area contributed by atoms with Crippen molar-refractivity contribution < 1.29 is 9.53 Å². The number of nitrogens with one attached hydrogen (secondary N) is 1. The van der Waals surface area contributed by atoms with Crippen LogP contribution in [-0.4, -0.2) is 41.5 Å². The van der Waals surface area contributed by atoms with Gasteiger partial charge in [0.1, 0.15) is 5.75 Å². The lowest BCUT2D eigenvalue weighted by molar-refractivity contribution is 0.0620. The summed E-state index contributed by atoms with van der Waals surface area (Å²) in [6.45, 7) is 3.28. The van der Waals surface area contributed by atoms with Gasteiger partial charge in [0.05, 0.1) is 6.20 Å². The van der Waals surface area contributed by atoms with E-state index in [4.69, 9.17) is 10.5 Å². The first-order valence-corrected chi connectivity index (χ1v) is 9.01. The lowest BCUT2D eigenvalue weighted by Gasteiger charge is -2.44. The lowest BCUT2D eigenvalue weighted by Crippen LogP contribution is -2.57. The first-order valence-electron chi connectivity index (χ1n) is 8.20. The van der Waals surface area contributed by atoms with Crippen LogP contribution < -0.4 is 15.8 Å². The number of fused-ring (bicyclic) bond motifs is 3. The van der Waals surface area contributed by atoms with E-state index in [-0.39, 0.29) is 11.9 Å². The Morgan fingerprint density at radius 2 is 2.04 bits per heavy atom. The summed E-state index contributed by atoms with van der Waals surface area (Å²) in [4.78, 5) is 19.1. The summed E-state index contributed by atoms with van der Waals surface area (Å²) in [5.74, 6) is 1.17. The van der Waals surface area contributed by atoms with Crippen molar-refractivity contribution >= 4 is 22.9 Å². The number of ether oxygens (including phenoxy) is 1. The van der Waals surface area contributed by atoms with E-state index in [0.29, 0.717) is 27.4 Å². The summed E-state index contributed by atoms with van der Waals surface area (Å²) in [5.41, 5.74) is 6.34. The molecule has 7 heteroatoms. The minimum atomic E-state index is -0.106. The Bertz CT molecular complexity index is 722. The topological polar surface area (TPSA) is 80.5 Å². The van der Waals surface area contributed by atoms with Crippen molar-refractivity contribution in [2.24, 2.45) is 5.92 Å². The largest absolute Gasteiger partial charge is 0.445 e. The Kier molecular flexibility index (Phi) is 4.12. The number of anilines is 1. The van der Waals surface area contributed by atoms with Gasteiger partial charge in [0, 0.05) is 18.3 Å². The number of nitrogens with zero attached hydrogens (tertiary/aromatic N) is 2. The van der Waals surface area contributed by atoms with E-state index < -0.39 is 0 Å². The van der Waals surface area contributed by atoms with Crippen molar-refractivity contribution in [2.45, 2.75) is 18.9 Å². The predicted molar refractivity (Wildman–Crippen MR) is 93.5 cm³/mol. The molecule has 1 unspecified atom stereocenters. The number of amides is 1. The van der Waals surface area contributed by atoms with Crippen molar-refractivity contribution in [3.05, 3.63) is 35.5 Å². The number of carbonyl (C=O) groups is 1. The second-order valence-corrected chi connectivity index (χ2v) is 7.37. The Balaban J connectivity index is 1.39. The molecule has 6 nitrogen and oxygen atoms in total. The number of piperidine rings is 3. The molecule has 3 N–H and O–H groups in total. The molecule has 3 fully saturated rings. The molecule has 126 valence electrons. The van der Waals surface area contributed by atoms with Crippen molar-refractivity contribution in [1.82, 2.24) is 15.2 Å². The van der Waals surface area contributed by atoms with Crippen LogP contribution in [0.2, 0.25) is 0 Å². The second-order valence-electron chi connectivity index (χ2n) is 6.37. The van der Waals surface area contributed by atoms with Crippen LogP contribution >= 0.6 is 11.3 Å². The molecule has 1 aromatic heterocycles. The van der Waals surface area contributed by atoms with Crippen LogP contribution in [0.4, 0.5) is 5.69 Å². The summed E-state index contributed by atoms with van der Waals surface area (Å²) in [7, 11) is 0. The van der Waals surface area contributed by atoms with Gasteiger partial charge in [-0.05, 0) is 56.1 Å². The van der Waals surface area contributed by atoms with Crippen molar-refractivity contribution in [1.29, 1.82) is 0 Å². The fourth-order valence-corrected chi connectivity index (χ4v) is 4.11. The van der Waals surface area contributed by atoms with Crippen molar-refractivity contribution in [2.75, 3.05) is 25.4 Å². The molecular weight excluding hydrogens is 324 g/mol. The van der Waals surface area contributed by atoms with E-state index in [1.54, 1.807) is 30.5 Å². The van der Waals surface area contributed by atoms with Gasteiger partial charge < -0.3 is 20.7 Å². The molecule has 0 radical (unpaired) electrons. The molecule has 1 atom stereocenters. The molecule has 5 rings (SSSR count). The molecule has 1 amide bonds. The van der Waals surface area contributed by atoms with Crippen LogP contribution in [-0.2, 0) is 0 Å². The Morgan fingerprint density at radius 1 is 1.29 bits per heavy atom. The molecule has 2 aromatic rings. The van der Waals surface area contributed by atoms with Crippen LogP contribution in [0.1, 0.15) is 22.6 Å². The maximum absolute atomic E-state index is 12.4. The Labute approximate surface area is 144 Å². The predicted octanol–water partition coefficient (Wildman–Crippen LogP) is 2.34. The molecule has 1 aromatic carbocycles. The van der Waals surface area contributed by atoms with E-state index >= 15 is 0 Å². The summed E-state index contributed by atoms with van der Waals surface area (Å²) in [6.07, 6.45) is 3.94. The van der Waals surface area contributed by atoms with Gasteiger partial charge in [0.25, 0.3) is 5.91 Å². The minimum absolute atomic E-state index is 0.106. The first kappa shape index (κ1) is 15.4. The molecular formula is C17H20N4O2S. The third-order valence-corrected chi connectivity index (χ3v) is 5.62. The van der Waals surface area contributed by atoms with Crippen molar-refractivity contribution in [3.8, 4) is 10.8 Å². The van der Waals surface area contributed by atoms with E-state index in [9.17, 15) is 4.79 Å². The molecule has 0 aliphatic carbocycles. The summed E-state index contributed by atoms with van der Waals surface area (Å²) < 4.78 is 5.72. The zero-order valence-corrected chi connectivity index (χ0v) is 14.1. The second kappa shape index (κ2) is 6.41. The minimum Gasteiger partial charge on any atom is -0.445 e. The third kappa shape index (κ3) is 3.22. The summed E-state index contributed by atoms with van der Waals surface area (Å²) >= 11 is 1.26. The van der Waals surface area contributed by atoms with Crippen LogP contribution in [0.25, 0.3) is 0 Å². The molecule has 4 heterocycles. The average molecular weight is 344 g/mol. The number of hydrogen-bond acceptors (Lipinski definition) is 6. The van der Waals surface area contributed by atoms with Gasteiger partial charge in [-0.1, -0.05) is 11.3 Å². The van der Waals surface area contributed by atoms with Crippen LogP contribution in [0.15, 0.2) is 30.5 Å². The van der Waals surface area contributed by atoms with Gasteiger partial charge in [-0.2, -0.15) is 0 Å². The SMILES string of the molecule is Nc1ccc(Oc2cnc(C(=O)NC3CN4CCC3CC4)s2)cc1. The lowest BCUT2D eigenvalue weighted by atomic mass is 9.84. The van der Waals surface area contributed by atoms with Gasteiger partial charge in [-0.25, -0.2) is 4.98 Å². The monoisotopic (exact) mass is 344 g/mol. The highest BCUT2D eigenvalue weighted by atomic mass is 32.1. The summed E-state index contributed by atoms with van der Waals surface area (Å²) in [6, 6.07) is 7.38. The van der Waals surface area contributed by atoms with E-state index in [1.807, 2.05) is 0 Å². The number of nitrogen functional groups attached to an aromatic ring is 1. The number of aromatic nitrogens is 1. The van der Waals surface area contributed by atoms with Crippen LogP contribution in [0, 0.1) is 5.92 Å².